The number of nitrogens with one attached hydrogen (secondary N) is 1. The molecule has 0 aromatic heterocycles. The van der Waals surface area contributed by atoms with Crippen LogP contribution in [-0.4, -0.2) is 7.11 Å². The number of hydroxylamine groups is 1. The summed E-state index contributed by atoms with van der Waals surface area (Å²) in [5.41, 5.74) is 3.15. The van der Waals surface area contributed by atoms with E-state index in [-0.39, 0.29) is 0 Å². The largest absolute Gasteiger partial charge is 0.279 e. The second-order valence-corrected chi connectivity index (χ2v) is 1.04. The molecular weight excluding hydrogens is 90.1 g/mol. The van der Waals surface area contributed by atoms with E-state index in [1.165, 1.54) is 7.11 Å². The van der Waals surface area contributed by atoms with Crippen molar-refractivity contribution in [3.8, 4) is 0 Å². The van der Waals surface area contributed by atoms with Crippen LogP contribution in [0.5, 0.6) is 0 Å². The molecule has 0 aromatic carbocycles. The Morgan fingerprint density at radius 3 is 2.57 bits per heavy atom. The quantitative estimate of drug-likeness (QED) is 0.418. The minimum absolute atomic E-state index is 0.669. The van der Waals surface area contributed by atoms with Crippen LogP contribution >= 0.6 is 0 Å². The molecule has 0 heterocycles. The first kappa shape index (κ1) is 6.24. The molecule has 40 valence electrons. The van der Waals surface area contributed by atoms with Gasteiger partial charge in [0, 0.05) is 0 Å². The van der Waals surface area contributed by atoms with E-state index in [0.717, 1.165) is 0 Å². The Balaban J connectivity index is 3.17. The molecule has 0 radical (unpaired) electrons. The number of hydrogen-bond donors (Lipinski definition) is 1. The summed E-state index contributed by atoms with van der Waals surface area (Å²) in [4.78, 5) is 4.47. The van der Waals surface area contributed by atoms with Gasteiger partial charge in [-0.25, -0.2) is 0 Å². The molecule has 0 saturated heterocycles. The van der Waals surface area contributed by atoms with E-state index in [2.05, 4.69) is 23.5 Å². The van der Waals surface area contributed by atoms with E-state index in [1.54, 1.807) is 6.08 Å². The zero-order valence-corrected chi connectivity index (χ0v) is 4.40. The van der Waals surface area contributed by atoms with Gasteiger partial charge in [0.05, 0.1) is 12.8 Å². The van der Waals surface area contributed by atoms with Crippen LogP contribution in [-0.2, 0) is 4.84 Å². The molecule has 0 saturated carbocycles. The molecule has 2 nitrogen and oxygen atoms in total. The molecule has 0 rings (SSSR count). The van der Waals surface area contributed by atoms with Gasteiger partial charge in [-0.3, -0.25) is 10.3 Å². The molecule has 0 aromatic rings. The Labute approximate surface area is 43.4 Å². The van der Waals surface area contributed by atoms with Gasteiger partial charge in [-0.1, -0.05) is 13.2 Å². The Bertz CT molecular complexity index is 78.1. The van der Waals surface area contributed by atoms with Crippen molar-refractivity contribution in [2.45, 2.75) is 0 Å². The van der Waals surface area contributed by atoms with Gasteiger partial charge in [-0.05, 0) is 6.08 Å². The molecule has 0 unspecified atom stereocenters. The van der Waals surface area contributed by atoms with Gasteiger partial charge >= 0.3 is 0 Å². The Kier molecular flexibility index (Phi) is 3.06. The average molecular weight is 99.1 g/mol. The Morgan fingerprint density at radius 1 is 1.86 bits per heavy atom. The van der Waals surface area contributed by atoms with Crippen LogP contribution < -0.4 is 5.48 Å². The number of allylic oxidation sites excluding steroid dienone is 1. The van der Waals surface area contributed by atoms with Crippen molar-refractivity contribution in [3.05, 3.63) is 24.9 Å². The minimum Gasteiger partial charge on any atom is -0.279 e. The van der Waals surface area contributed by atoms with Crippen molar-refractivity contribution in [2.75, 3.05) is 7.11 Å². The molecule has 0 aliphatic rings. The Hall–Kier alpha value is -0.760. The molecule has 0 aliphatic carbocycles. The van der Waals surface area contributed by atoms with E-state index in [1.807, 2.05) is 0 Å². The molecule has 0 spiro atoms. The maximum atomic E-state index is 4.47. The van der Waals surface area contributed by atoms with Crippen LogP contribution in [0.3, 0.4) is 0 Å². The van der Waals surface area contributed by atoms with Gasteiger partial charge < -0.3 is 0 Å². The second kappa shape index (κ2) is 3.43. The smallest absolute Gasteiger partial charge is 0.0636 e. The Morgan fingerprint density at radius 2 is 2.43 bits per heavy atom. The predicted molar refractivity (Wildman–Crippen MR) is 29.5 cm³/mol. The third-order valence-corrected chi connectivity index (χ3v) is 0.480. The van der Waals surface area contributed by atoms with Gasteiger partial charge in [0.15, 0.2) is 0 Å². The van der Waals surface area contributed by atoms with Crippen molar-refractivity contribution >= 4 is 0 Å². The highest BCUT2D eigenvalue weighted by Crippen LogP contribution is 1.79. The maximum absolute atomic E-state index is 4.47. The first-order valence-electron chi connectivity index (χ1n) is 1.91. The lowest BCUT2D eigenvalue weighted by Crippen LogP contribution is -2.06. The molecule has 0 amide bonds. The zero-order valence-electron chi connectivity index (χ0n) is 4.40. The predicted octanol–water partition coefficient (Wildman–Crippen LogP) is 0.837. The van der Waals surface area contributed by atoms with Crippen LogP contribution in [0.15, 0.2) is 24.9 Å². The lowest BCUT2D eigenvalue weighted by atomic mass is 10.5. The van der Waals surface area contributed by atoms with Gasteiger partial charge in [-0.15, -0.1) is 0 Å². The fraction of sp³-hybridized carbons (Fsp3) is 0.200. The van der Waals surface area contributed by atoms with Crippen LogP contribution in [0.4, 0.5) is 0 Å². The van der Waals surface area contributed by atoms with E-state index >= 15 is 0 Å². The van der Waals surface area contributed by atoms with Gasteiger partial charge in [-0.2, -0.15) is 0 Å². The monoisotopic (exact) mass is 99.1 g/mol. The van der Waals surface area contributed by atoms with Crippen molar-refractivity contribution < 1.29 is 4.84 Å². The number of hydrogen-bond acceptors (Lipinski definition) is 2. The average Bonchev–Trinajstić information content (AvgIpc) is 1.68. The molecule has 7 heavy (non-hydrogen) atoms. The summed E-state index contributed by atoms with van der Waals surface area (Å²) in [7, 11) is 1.52. The summed E-state index contributed by atoms with van der Waals surface area (Å²) >= 11 is 0. The first-order valence-corrected chi connectivity index (χ1v) is 1.91. The maximum Gasteiger partial charge on any atom is 0.0636 e. The fourth-order valence-corrected chi connectivity index (χ4v) is 0.173. The van der Waals surface area contributed by atoms with Gasteiger partial charge in [0.25, 0.3) is 0 Å². The fourth-order valence-electron chi connectivity index (χ4n) is 0.173. The summed E-state index contributed by atoms with van der Waals surface area (Å²) in [6.07, 6.45) is 1.57. The van der Waals surface area contributed by atoms with Crippen molar-refractivity contribution in [1.82, 2.24) is 5.48 Å². The molecule has 0 fully saturated rings. The van der Waals surface area contributed by atoms with Crippen LogP contribution in [0, 0.1) is 0 Å². The zero-order chi connectivity index (χ0) is 5.70. The summed E-state index contributed by atoms with van der Waals surface area (Å²) in [5, 5.41) is 0. The van der Waals surface area contributed by atoms with Crippen molar-refractivity contribution in [1.29, 1.82) is 0 Å². The summed E-state index contributed by atoms with van der Waals surface area (Å²) in [6.45, 7) is 6.95. The highest BCUT2D eigenvalue weighted by Gasteiger charge is 1.75. The van der Waals surface area contributed by atoms with Crippen molar-refractivity contribution in [2.24, 2.45) is 0 Å². The lowest BCUT2D eigenvalue weighted by Gasteiger charge is -1.97. The SMILES string of the molecule is C=CC(=C)NOC. The van der Waals surface area contributed by atoms with Crippen molar-refractivity contribution in [3.63, 3.8) is 0 Å². The summed E-state index contributed by atoms with van der Waals surface area (Å²) in [5.74, 6) is 0. The van der Waals surface area contributed by atoms with Gasteiger partial charge in [0.1, 0.15) is 0 Å². The topological polar surface area (TPSA) is 21.3 Å². The third-order valence-electron chi connectivity index (χ3n) is 0.480. The van der Waals surface area contributed by atoms with E-state index < -0.39 is 0 Å². The molecule has 1 N–H and O–H groups in total. The molecular formula is C5H9NO. The normalized spacial score (nSPS) is 7.57. The highest BCUT2D eigenvalue weighted by atomic mass is 16.6. The molecule has 2 heteroatoms. The highest BCUT2D eigenvalue weighted by molar-refractivity contribution is 5.05. The summed E-state index contributed by atoms with van der Waals surface area (Å²) in [6, 6.07) is 0. The van der Waals surface area contributed by atoms with Gasteiger partial charge in [0.2, 0.25) is 0 Å². The lowest BCUT2D eigenvalue weighted by molar-refractivity contribution is 0.121. The van der Waals surface area contributed by atoms with Crippen LogP contribution in [0.2, 0.25) is 0 Å². The molecule has 0 atom stereocenters. The third kappa shape index (κ3) is 3.06. The molecule has 0 aliphatic heterocycles. The molecule has 0 bridgehead atoms. The van der Waals surface area contributed by atoms with E-state index in [0.29, 0.717) is 5.70 Å². The summed E-state index contributed by atoms with van der Waals surface area (Å²) < 4.78 is 0. The minimum atomic E-state index is 0.669. The van der Waals surface area contributed by atoms with E-state index in [9.17, 15) is 0 Å². The van der Waals surface area contributed by atoms with E-state index in [4.69, 9.17) is 0 Å². The number of rotatable bonds is 3. The van der Waals surface area contributed by atoms with Crippen LogP contribution in [0.25, 0.3) is 0 Å². The standard InChI is InChI=1S/C5H9NO/c1-4-5(2)6-7-3/h4,6H,1-2H2,3H3. The van der Waals surface area contributed by atoms with Crippen LogP contribution in [0.1, 0.15) is 0 Å². The second-order valence-electron chi connectivity index (χ2n) is 1.04. The first-order chi connectivity index (χ1) is 3.31.